The number of aromatic nitrogens is 1. The lowest BCUT2D eigenvalue weighted by atomic mass is 10.1. The van der Waals surface area contributed by atoms with Gasteiger partial charge in [0.15, 0.2) is 5.11 Å². The van der Waals surface area contributed by atoms with E-state index in [1.807, 2.05) is 19.1 Å². The third-order valence-corrected chi connectivity index (χ3v) is 5.43. The van der Waals surface area contributed by atoms with Crippen molar-refractivity contribution in [2.45, 2.75) is 13.3 Å². The number of nitrogens with one attached hydrogen (secondary N) is 1. The highest BCUT2D eigenvalue weighted by Crippen LogP contribution is 2.24. The number of benzene rings is 2. The summed E-state index contributed by atoms with van der Waals surface area (Å²) in [7, 11) is 0. The number of carbonyl (C=O) groups excluding carboxylic acids is 2. The summed E-state index contributed by atoms with van der Waals surface area (Å²) < 4.78 is 1.70. The van der Waals surface area contributed by atoms with Crippen LogP contribution in [0.2, 0.25) is 0 Å². The zero-order valence-corrected chi connectivity index (χ0v) is 17.9. The lowest BCUT2D eigenvalue weighted by Crippen LogP contribution is -2.54. The number of aryl methyl sites for hydroxylation is 1. The van der Waals surface area contributed by atoms with Crippen molar-refractivity contribution in [2.75, 3.05) is 4.90 Å². The lowest BCUT2D eigenvalue weighted by Gasteiger charge is -2.29. The summed E-state index contributed by atoms with van der Waals surface area (Å²) in [5.74, 6) is -2.16. The fourth-order valence-corrected chi connectivity index (χ4v) is 3.74. The van der Waals surface area contributed by atoms with Crippen molar-refractivity contribution < 1.29 is 19.5 Å². The fraction of sp³-hybridized carbons (Fsp3) is 0.0833. The molecule has 0 radical (unpaired) electrons. The molecule has 32 heavy (non-hydrogen) atoms. The van der Waals surface area contributed by atoms with E-state index in [1.54, 1.807) is 47.2 Å². The SMILES string of the molecule is CCc1ccc(N2C(=O)/C(=C\c3cccn3-c3cccc(C(=O)O)c3)C(=O)NC2=S)cc1. The Kier molecular flexibility index (Phi) is 5.70. The number of rotatable bonds is 5. The molecule has 1 aliphatic rings. The number of hydrogen-bond donors (Lipinski definition) is 2. The molecule has 160 valence electrons. The molecule has 0 atom stereocenters. The third kappa shape index (κ3) is 3.95. The molecular weight excluding hydrogens is 426 g/mol. The predicted molar refractivity (Wildman–Crippen MR) is 125 cm³/mol. The maximum absolute atomic E-state index is 13.2. The van der Waals surface area contributed by atoms with Crippen LogP contribution in [-0.4, -0.2) is 32.6 Å². The highest BCUT2D eigenvalue weighted by atomic mass is 32.1. The highest BCUT2D eigenvalue weighted by molar-refractivity contribution is 7.80. The largest absolute Gasteiger partial charge is 0.478 e. The molecule has 1 aromatic heterocycles. The molecule has 4 rings (SSSR count). The Morgan fingerprint density at radius 1 is 1.06 bits per heavy atom. The topological polar surface area (TPSA) is 91.6 Å². The van der Waals surface area contributed by atoms with E-state index in [0.29, 0.717) is 17.1 Å². The smallest absolute Gasteiger partial charge is 0.335 e. The molecule has 7 nitrogen and oxygen atoms in total. The normalized spacial score (nSPS) is 15.2. The molecule has 1 aliphatic heterocycles. The summed E-state index contributed by atoms with van der Waals surface area (Å²) in [6.45, 7) is 2.04. The van der Waals surface area contributed by atoms with E-state index in [-0.39, 0.29) is 16.2 Å². The summed E-state index contributed by atoms with van der Waals surface area (Å²) in [6.07, 6.45) is 4.06. The van der Waals surface area contributed by atoms with Crippen LogP contribution in [0.4, 0.5) is 5.69 Å². The molecular formula is C24H19N3O4S. The minimum atomic E-state index is -1.04. The number of nitrogens with zero attached hydrogens (tertiary/aromatic N) is 2. The molecule has 0 aliphatic carbocycles. The minimum absolute atomic E-state index is 0.0194. The predicted octanol–water partition coefficient (Wildman–Crippen LogP) is 3.57. The molecule has 2 heterocycles. The Labute approximate surface area is 189 Å². The molecule has 2 aromatic carbocycles. The minimum Gasteiger partial charge on any atom is -0.478 e. The zero-order chi connectivity index (χ0) is 22.8. The number of carboxylic acid groups (broad SMARTS) is 1. The zero-order valence-electron chi connectivity index (χ0n) is 17.1. The summed E-state index contributed by atoms with van der Waals surface area (Å²) >= 11 is 5.25. The van der Waals surface area contributed by atoms with Crippen LogP contribution < -0.4 is 10.2 Å². The second-order valence-corrected chi connectivity index (χ2v) is 7.52. The van der Waals surface area contributed by atoms with Gasteiger partial charge in [-0.15, -0.1) is 0 Å². The maximum Gasteiger partial charge on any atom is 0.335 e. The van der Waals surface area contributed by atoms with E-state index in [9.17, 15) is 19.5 Å². The molecule has 2 N–H and O–H groups in total. The molecule has 3 aromatic rings. The molecule has 0 unspecified atom stereocenters. The van der Waals surface area contributed by atoms with Crippen molar-refractivity contribution >= 4 is 46.9 Å². The van der Waals surface area contributed by atoms with Crippen molar-refractivity contribution in [3.05, 3.63) is 89.3 Å². The van der Waals surface area contributed by atoms with Gasteiger partial charge < -0.3 is 9.67 Å². The van der Waals surface area contributed by atoms with Gasteiger partial charge in [-0.1, -0.05) is 25.1 Å². The van der Waals surface area contributed by atoms with Gasteiger partial charge in [0.05, 0.1) is 11.3 Å². The monoisotopic (exact) mass is 445 g/mol. The average Bonchev–Trinajstić information content (AvgIpc) is 3.25. The van der Waals surface area contributed by atoms with E-state index < -0.39 is 17.8 Å². The molecule has 0 saturated carbocycles. The van der Waals surface area contributed by atoms with Crippen LogP contribution in [0.1, 0.15) is 28.5 Å². The molecule has 1 fully saturated rings. The van der Waals surface area contributed by atoms with E-state index in [4.69, 9.17) is 12.2 Å². The first-order valence-corrected chi connectivity index (χ1v) is 10.3. The van der Waals surface area contributed by atoms with E-state index >= 15 is 0 Å². The number of aromatic carboxylic acids is 1. The Bertz CT molecular complexity index is 1270. The summed E-state index contributed by atoms with van der Waals surface area (Å²) in [4.78, 5) is 38.5. The van der Waals surface area contributed by atoms with E-state index in [0.717, 1.165) is 12.0 Å². The highest BCUT2D eigenvalue weighted by Gasteiger charge is 2.34. The standard InChI is InChI=1S/C24H19N3O4S/c1-2-15-8-10-17(11-9-15)27-22(29)20(21(28)25-24(27)32)14-19-7-4-12-26(19)18-6-3-5-16(13-18)23(30)31/h3-14H,2H2,1H3,(H,30,31)(H,25,28,32)/b20-14-. The summed E-state index contributed by atoms with van der Waals surface area (Å²) in [5.41, 5.74) is 2.87. The first-order chi connectivity index (χ1) is 15.4. The number of anilines is 1. The molecule has 2 amide bonds. The third-order valence-electron chi connectivity index (χ3n) is 5.15. The number of carboxylic acids is 1. The fourth-order valence-electron chi connectivity index (χ4n) is 3.46. The van der Waals surface area contributed by atoms with Crippen LogP contribution in [0.15, 0.2) is 72.4 Å². The van der Waals surface area contributed by atoms with Crippen LogP contribution >= 0.6 is 12.2 Å². The van der Waals surface area contributed by atoms with Crippen LogP contribution in [0.5, 0.6) is 0 Å². The van der Waals surface area contributed by atoms with Gasteiger partial charge in [-0.2, -0.15) is 0 Å². The average molecular weight is 446 g/mol. The van der Waals surface area contributed by atoms with Crippen LogP contribution in [0.3, 0.4) is 0 Å². The Balaban J connectivity index is 1.72. The molecule has 1 saturated heterocycles. The Morgan fingerprint density at radius 2 is 1.81 bits per heavy atom. The van der Waals surface area contributed by atoms with Gasteiger partial charge in [0.1, 0.15) is 5.57 Å². The van der Waals surface area contributed by atoms with Crippen molar-refractivity contribution in [1.29, 1.82) is 0 Å². The first kappa shape index (κ1) is 21.2. The second-order valence-electron chi connectivity index (χ2n) is 7.14. The Hall–Kier alpha value is -4.04. The van der Waals surface area contributed by atoms with Crippen molar-refractivity contribution in [2.24, 2.45) is 0 Å². The van der Waals surface area contributed by atoms with E-state index in [1.165, 1.54) is 23.1 Å². The van der Waals surface area contributed by atoms with Gasteiger partial charge in [0.2, 0.25) is 0 Å². The first-order valence-electron chi connectivity index (χ1n) is 9.90. The van der Waals surface area contributed by atoms with Gasteiger partial charge in [-0.25, -0.2) is 4.79 Å². The number of carbonyl (C=O) groups is 3. The van der Waals surface area contributed by atoms with Gasteiger partial charge in [0.25, 0.3) is 11.8 Å². The molecule has 0 bridgehead atoms. The van der Waals surface area contributed by atoms with Crippen molar-refractivity contribution in [3.8, 4) is 5.69 Å². The van der Waals surface area contributed by atoms with E-state index in [2.05, 4.69) is 5.32 Å². The number of hydrogen-bond acceptors (Lipinski definition) is 4. The Morgan fingerprint density at radius 3 is 2.50 bits per heavy atom. The van der Waals surface area contributed by atoms with Crippen LogP contribution in [0, 0.1) is 0 Å². The van der Waals surface area contributed by atoms with Gasteiger partial charge in [-0.05, 0) is 72.7 Å². The maximum atomic E-state index is 13.2. The number of amides is 2. The van der Waals surface area contributed by atoms with Gasteiger partial charge in [0, 0.05) is 17.6 Å². The quantitative estimate of drug-likeness (QED) is 0.356. The second kappa shape index (κ2) is 8.60. The summed E-state index contributed by atoms with van der Waals surface area (Å²) in [6, 6.07) is 17.3. The molecule has 0 spiro atoms. The van der Waals surface area contributed by atoms with Crippen LogP contribution in [0.25, 0.3) is 11.8 Å². The lowest BCUT2D eigenvalue weighted by molar-refractivity contribution is -0.122. The molecule has 8 heteroatoms. The van der Waals surface area contributed by atoms with Gasteiger partial charge >= 0.3 is 5.97 Å². The van der Waals surface area contributed by atoms with Crippen LogP contribution in [-0.2, 0) is 16.0 Å². The van der Waals surface area contributed by atoms with Crippen molar-refractivity contribution in [3.63, 3.8) is 0 Å². The number of thiocarbonyl (C=S) groups is 1. The van der Waals surface area contributed by atoms with Crippen molar-refractivity contribution in [1.82, 2.24) is 9.88 Å². The van der Waals surface area contributed by atoms with Gasteiger partial charge in [-0.3, -0.25) is 19.8 Å². The summed E-state index contributed by atoms with van der Waals surface area (Å²) in [5, 5.41) is 11.9.